The first kappa shape index (κ1) is 14.9. The Morgan fingerprint density at radius 2 is 1.95 bits per heavy atom. The van der Waals surface area contributed by atoms with Crippen LogP contribution >= 0.6 is 11.8 Å². The molecular weight excluding hydrogens is 264 g/mol. The lowest BCUT2D eigenvalue weighted by Gasteiger charge is -2.04. The van der Waals surface area contributed by atoms with Gasteiger partial charge in [-0.2, -0.15) is 0 Å². The first-order chi connectivity index (χ1) is 9.86. The van der Waals surface area contributed by atoms with Crippen molar-refractivity contribution in [3.63, 3.8) is 0 Å². The lowest BCUT2D eigenvalue weighted by Crippen LogP contribution is -1.93. The summed E-state index contributed by atoms with van der Waals surface area (Å²) < 4.78 is 0. The van der Waals surface area contributed by atoms with Gasteiger partial charge in [0.15, 0.2) is 0 Å². The second kappa shape index (κ2) is 7.91. The second-order valence-electron chi connectivity index (χ2n) is 4.71. The van der Waals surface area contributed by atoms with Gasteiger partial charge in [0.2, 0.25) is 0 Å². The van der Waals surface area contributed by atoms with Crippen LogP contribution in [0.5, 0.6) is 0 Å². The molecule has 0 unspecified atom stereocenters. The molecule has 0 bridgehead atoms. The lowest BCUT2D eigenvalue weighted by atomic mass is 10.1. The van der Waals surface area contributed by atoms with Crippen LogP contribution in [0.25, 0.3) is 10.9 Å². The summed E-state index contributed by atoms with van der Waals surface area (Å²) in [7, 11) is 0. The topological polar surface area (TPSA) is 25.8 Å². The molecule has 0 aliphatic rings. The third-order valence-corrected chi connectivity index (χ3v) is 4.01. The van der Waals surface area contributed by atoms with Crippen LogP contribution in [0.3, 0.4) is 0 Å². The van der Waals surface area contributed by atoms with Gasteiger partial charge < -0.3 is 0 Å². The van der Waals surface area contributed by atoms with Crippen molar-refractivity contribution in [3.05, 3.63) is 30.0 Å². The molecule has 0 amide bonds. The standard InChI is InChI=1S/C17H20N2S/c1-3-4-5-6-7-8-13-16-17(20-2)14-11-9-10-12-15(14)18-19-16/h9-12H,3-7H2,1-2H3. The average molecular weight is 284 g/mol. The van der Waals surface area contributed by atoms with Gasteiger partial charge in [-0.15, -0.1) is 22.0 Å². The molecule has 0 fully saturated rings. The van der Waals surface area contributed by atoms with Crippen molar-refractivity contribution in [2.45, 2.75) is 43.9 Å². The van der Waals surface area contributed by atoms with E-state index in [2.05, 4.69) is 41.3 Å². The molecule has 1 aromatic heterocycles. The van der Waals surface area contributed by atoms with Gasteiger partial charge >= 0.3 is 0 Å². The molecule has 20 heavy (non-hydrogen) atoms. The number of rotatable bonds is 5. The van der Waals surface area contributed by atoms with Crippen LogP contribution in [0.1, 0.15) is 44.7 Å². The third kappa shape index (κ3) is 3.74. The predicted octanol–water partition coefficient (Wildman–Crippen LogP) is 4.67. The van der Waals surface area contributed by atoms with Crippen LogP contribution in [0.2, 0.25) is 0 Å². The van der Waals surface area contributed by atoms with Crippen LogP contribution in [-0.2, 0) is 0 Å². The largest absolute Gasteiger partial charge is 0.150 e. The highest BCUT2D eigenvalue weighted by Crippen LogP contribution is 2.26. The molecule has 3 heteroatoms. The van der Waals surface area contributed by atoms with E-state index in [-0.39, 0.29) is 0 Å². The van der Waals surface area contributed by atoms with Crippen molar-refractivity contribution in [2.24, 2.45) is 0 Å². The number of hydrogen-bond acceptors (Lipinski definition) is 3. The molecule has 0 saturated carbocycles. The zero-order valence-electron chi connectivity index (χ0n) is 12.1. The number of unbranched alkanes of at least 4 members (excludes halogenated alkanes) is 4. The Morgan fingerprint density at radius 1 is 1.10 bits per heavy atom. The molecule has 0 atom stereocenters. The van der Waals surface area contributed by atoms with Crippen molar-refractivity contribution < 1.29 is 0 Å². The molecule has 2 rings (SSSR count). The summed E-state index contributed by atoms with van der Waals surface area (Å²) in [4.78, 5) is 1.14. The molecule has 2 nitrogen and oxygen atoms in total. The van der Waals surface area contributed by atoms with Crippen LogP contribution in [0.15, 0.2) is 29.2 Å². The minimum atomic E-state index is 0.812. The zero-order chi connectivity index (χ0) is 14.2. The van der Waals surface area contributed by atoms with E-state index < -0.39 is 0 Å². The highest BCUT2D eigenvalue weighted by Gasteiger charge is 2.07. The number of hydrogen-bond donors (Lipinski definition) is 0. The molecule has 0 aliphatic heterocycles. The summed E-state index contributed by atoms with van der Waals surface area (Å²) in [5.41, 5.74) is 1.75. The molecular formula is C17H20N2S. The van der Waals surface area contributed by atoms with Gasteiger partial charge in [0, 0.05) is 11.8 Å². The average Bonchev–Trinajstić information content (AvgIpc) is 2.50. The van der Waals surface area contributed by atoms with Gasteiger partial charge in [0.05, 0.1) is 10.4 Å². The maximum absolute atomic E-state index is 4.27. The minimum absolute atomic E-state index is 0.812. The number of nitrogens with zero attached hydrogens (tertiary/aromatic N) is 2. The molecule has 2 aromatic rings. The van der Waals surface area contributed by atoms with Crippen LogP contribution in [0, 0.1) is 11.8 Å². The first-order valence-corrected chi connectivity index (χ1v) is 8.37. The van der Waals surface area contributed by atoms with Crippen LogP contribution in [0.4, 0.5) is 0 Å². The second-order valence-corrected chi connectivity index (χ2v) is 5.53. The third-order valence-electron chi connectivity index (χ3n) is 3.19. The van der Waals surface area contributed by atoms with Crippen molar-refractivity contribution >= 4 is 22.7 Å². The zero-order valence-corrected chi connectivity index (χ0v) is 13.0. The van der Waals surface area contributed by atoms with Gasteiger partial charge in [-0.3, -0.25) is 0 Å². The predicted molar refractivity (Wildman–Crippen MR) is 87.0 cm³/mol. The van der Waals surface area contributed by atoms with Gasteiger partial charge in [0.1, 0.15) is 5.69 Å². The van der Waals surface area contributed by atoms with Gasteiger partial charge in [-0.05, 0) is 24.7 Å². The summed E-state index contributed by atoms with van der Waals surface area (Å²) in [6, 6.07) is 8.10. The lowest BCUT2D eigenvalue weighted by molar-refractivity contribution is 0.679. The Morgan fingerprint density at radius 3 is 2.75 bits per heavy atom. The van der Waals surface area contributed by atoms with Crippen molar-refractivity contribution in [1.29, 1.82) is 0 Å². The summed E-state index contributed by atoms with van der Waals surface area (Å²) in [5, 5.41) is 9.66. The van der Waals surface area contributed by atoms with Gasteiger partial charge in [-0.25, -0.2) is 0 Å². The van der Waals surface area contributed by atoms with E-state index in [0.717, 1.165) is 27.9 Å². The molecule has 1 heterocycles. The fraction of sp³-hybridized carbons (Fsp3) is 0.412. The van der Waals surface area contributed by atoms with Gasteiger partial charge in [0.25, 0.3) is 0 Å². The summed E-state index contributed by atoms with van der Waals surface area (Å²) >= 11 is 1.69. The highest BCUT2D eigenvalue weighted by molar-refractivity contribution is 7.98. The molecule has 0 N–H and O–H groups in total. The van der Waals surface area contributed by atoms with E-state index in [4.69, 9.17) is 0 Å². The maximum Gasteiger partial charge on any atom is 0.150 e. The normalized spacial score (nSPS) is 10.3. The van der Waals surface area contributed by atoms with Crippen molar-refractivity contribution in [1.82, 2.24) is 10.2 Å². The van der Waals surface area contributed by atoms with E-state index in [0.29, 0.717) is 0 Å². The molecule has 1 aromatic carbocycles. The van der Waals surface area contributed by atoms with Crippen molar-refractivity contribution in [2.75, 3.05) is 6.26 Å². The molecule has 0 radical (unpaired) electrons. The van der Waals surface area contributed by atoms with Crippen molar-refractivity contribution in [3.8, 4) is 11.8 Å². The highest BCUT2D eigenvalue weighted by atomic mass is 32.2. The SMILES string of the molecule is CCCCCCC#Cc1nnc2ccccc2c1SC. The van der Waals surface area contributed by atoms with E-state index in [9.17, 15) is 0 Å². The molecule has 104 valence electrons. The fourth-order valence-electron chi connectivity index (χ4n) is 2.10. The van der Waals surface area contributed by atoms with Gasteiger partial charge in [-0.1, -0.05) is 50.3 Å². The van der Waals surface area contributed by atoms with E-state index in [1.165, 1.54) is 25.7 Å². The smallest absolute Gasteiger partial charge is 0.149 e. The number of benzene rings is 1. The summed E-state index contributed by atoms with van der Waals surface area (Å²) in [6.45, 7) is 2.22. The maximum atomic E-state index is 4.27. The van der Waals surface area contributed by atoms with E-state index in [1.807, 2.05) is 18.2 Å². The number of aromatic nitrogens is 2. The van der Waals surface area contributed by atoms with E-state index in [1.54, 1.807) is 11.8 Å². The fourth-order valence-corrected chi connectivity index (χ4v) is 2.78. The quantitative estimate of drug-likeness (QED) is 0.453. The number of fused-ring (bicyclic) bond motifs is 1. The van der Waals surface area contributed by atoms with Crippen LogP contribution in [-0.4, -0.2) is 16.5 Å². The minimum Gasteiger partial charge on any atom is -0.149 e. The monoisotopic (exact) mass is 284 g/mol. The summed E-state index contributed by atoms with van der Waals surface area (Å²) in [5.74, 6) is 6.42. The Kier molecular flexibility index (Phi) is 5.88. The Hall–Kier alpha value is -1.53. The Labute approximate surface area is 125 Å². The number of thioether (sulfide) groups is 1. The van der Waals surface area contributed by atoms with E-state index >= 15 is 0 Å². The Balaban J connectivity index is 2.16. The first-order valence-electron chi connectivity index (χ1n) is 7.15. The Bertz CT molecular complexity index is 626. The molecule has 0 saturated heterocycles. The summed E-state index contributed by atoms with van der Waals surface area (Å²) in [6.07, 6.45) is 8.02. The molecule has 0 spiro atoms. The molecule has 0 aliphatic carbocycles. The van der Waals surface area contributed by atoms with Crippen LogP contribution < -0.4 is 0 Å².